The van der Waals surface area contributed by atoms with E-state index in [-0.39, 0.29) is 16.8 Å². The Morgan fingerprint density at radius 2 is 1.75 bits per heavy atom. The van der Waals surface area contributed by atoms with Crippen molar-refractivity contribution in [2.45, 2.75) is 31.2 Å². The summed E-state index contributed by atoms with van der Waals surface area (Å²) in [5, 5.41) is 2.81. The van der Waals surface area contributed by atoms with Crippen LogP contribution < -0.4 is 10.0 Å². The first-order valence-electron chi connectivity index (χ1n) is 7.83. The van der Waals surface area contributed by atoms with E-state index in [9.17, 15) is 13.2 Å². The molecule has 6 heteroatoms. The van der Waals surface area contributed by atoms with Gasteiger partial charge in [0.1, 0.15) is 0 Å². The third-order valence-electron chi connectivity index (χ3n) is 3.34. The van der Waals surface area contributed by atoms with Gasteiger partial charge in [0.25, 0.3) is 5.91 Å². The van der Waals surface area contributed by atoms with E-state index in [2.05, 4.69) is 10.0 Å². The third kappa shape index (κ3) is 5.18. The van der Waals surface area contributed by atoms with Crippen molar-refractivity contribution in [3.8, 4) is 0 Å². The Hall–Kier alpha value is -2.18. The van der Waals surface area contributed by atoms with Crippen LogP contribution in [0.2, 0.25) is 0 Å². The lowest BCUT2D eigenvalue weighted by atomic mass is 10.1. The van der Waals surface area contributed by atoms with Gasteiger partial charge in [-0.05, 0) is 44.0 Å². The van der Waals surface area contributed by atoms with Crippen LogP contribution in [-0.4, -0.2) is 26.9 Å². The molecule has 0 aliphatic carbocycles. The van der Waals surface area contributed by atoms with Crippen molar-refractivity contribution < 1.29 is 13.2 Å². The monoisotopic (exact) mass is 346 g/mol. The van der Waals surface area contributed by atoms with Crippen LogP contribution in [0, 0.1) is 0 Å². The molecule has 2 aromatic carbocycles. The number of nitrogens with one attached hydrogen (secondary N) is 2. The Labute approximate surface area is 143 Å². The van der Waals surface area contributed by atoms with Crippen LogP contribution in [0.15, 0.2) is 59.5 Å². The smallest absolute Gasteiger partial charge is 0.251 e. The second-order valence-corrected chi connectivity index (χ2v) is 7.51. The van der Waals surface area contributed by atoms with Crippen LogP contribution >= 0.6 is 0 Å². The van der Waals surface area contributed by atoms with Crippen LogP contribution in [0.4, 0.5) is 0 Å². The Bertz CT molecular complexity index is 787. The van der Waals surface area contributed by atoms with Gasteiger partial charge in [0, 0.05) is 18.2 Å². The summed E-state index contributed by atoms with van der Waals surface area (Å²) in [6.07, 6.45) is 0.722. The molecule has 0 heterocycles. The van der Waals surface area contributed by atoms with E-state index in [4.69, 9.17) is 0 Å². The molecule has 2 N–H and O–H groups in total. The lowest BCUT2D eigenvalue weighted by Gasteiger charge is -2.11. The summed E-state index contributed by atoms with van der Waals surface area (Å²) < 4.78 is 26.9. The first-order valence-corrected chi connectivity index (χ1v) is 9.31. The molecule has 0 atom stereocenters. The highest BCUT2D eigenvalue weighted by molar-refractivity contribution is 7.89. The largest absolute Gasteiger partial charge is 0.352 e. The summed E-state index contributed by atoms with van der Waals surface area (Å²) in [5.74, 6) is -0.285. The van der Waals surface area contributed by atoms with E-state index in [0.717, 1.165) is 12.0 Å². The molecule has 0 aliphatic heterocycles. The molecular weight excluding hydrogens is 324 g/mol. The predicted octanol–water partition coefficient (Wildman–Crippen LogP) is 2.35. The molecule has 0 aliphatic rings. The fraction of sp³-hybridized carbons (Fsp3) is 0.278. The second kappa shape index (κ2) is 8.08. The number of hydrogen-bond donors (Lipinski definition) is 2. The maximum atomic E-state index is 12.2. The number of amides is 1. The molecular formula is C18H22N2O3S. The molecule has 2 aromatic rings. The van der Waals surface area contributed by atoms with E-state index >= 15 is 0 Å². The molecule has 0 unspecified atom stereocenters. The number of carbonyl (C=O) groups is 1. The number of rotatable bonds is 7. The van der Waals surface area contributed by atoms with Crippen LogP contribution in [0.5, 0.6) is 0 Å². The normalized spacial score (nSPS) is 11.5. The summed E-state index contributed by atoms with van der Waals surface area (Å²) >= 11 is 0. The molecule has 0 aromatic heterocycles. The van der Waals surface area contributed by atoms with E-state index < -0.39 is 10.0 Å². The Morgan fingerprint density at radius 3 is 2.42 bits per heavy atom. The van der Waals surface area contributed by atoms with Crippen molar-refractivity contribution in [1.29, 1.82) is 0 Å². The molecule has 0 bridgehead atoms. The Kier molecular flexibility index (Phi) is 6.11. The maximum Gasteiger partial charge on any atom is 0.251 e. The number of carbonyl (C=O) groups excluding carboxylic acids is 1. The second-order valence-electron chi connectivity index (χ2n) is 5.80. The van der Waals surface area contributed by atoms with Gasteiger partial charge in [0.05, 0.1) is 4.90 Å². The minimum Gasteiger partial charge on any atom is -0.352 e. The first kappa shape index (κ1) is 18.2. The van der Waals surface area contributed by atoms with Crippen LogP contribution in [-0.2, 0) is 16.4 Å². The van der Waals surface area contributed by atoms with Crippen molar-refractivity contribution in [2.75, 3.05) is 6.54 Å². The zero-order valence-corrected chi connectivity index (χ0v) is 14.6. The fourth-order valence-electron chi connectivity index (χ4n) is 2.25. The lowest BCUT2D eigenvalue weighted by molar-refractivity contribution is 0.0954. The first-order chi connectivity index (χ1) is 11.4. The highest BCUT2D eigenvalue weighted by atomic mass is 32.2. The highest BCUT2D eigenvalue weighted by Gasteiger charge is 2.17. The highest BCUT2D eigenvalue weighted by Crippen LogP contribution is 2.12. The molecule has 0 radical (unpaired) electrons. The topological polar surface area (TPSA) is 75.3 Å². The summed E-state index contributed by atoms with van der Waals surface area (Å²) in [4.78, 5) is 12.3. The van der Waals surface area contributed by atoms with E-state index in [1.54, 1.807) is 26.0 Å². The number of hydrogen-bond acceptors (Lipinski definition) is 3. The van der Waals surface area contributed by atoms with Gasteiger partial charge in [-0.15, -0.1) is 0 Å². The molecule has 0 spiro atoms. The van der Waals surface area contributed by atoms with E-state index in [0.29, 0.717) is 12.1 Å². The van der Waals surface area contributed by atoms with Crippen molar-refractivity contribution in [3.05, 3.63) is 65.7 Å². The number of sulfonamides is 1. The molecule has 24 heavy (non-hydrogen) atoms. The average Bonchev–Trinajstić information content (AvgIpc) is 2.55. The summed E-state index contributed by atoms with van der Waals surface area (Å²) in [5.41, 5.74) is 1.46. The molecule has 0 saturated carbocycles. The van der Waals surface area contributed by atoms with Crippen LogP contribution in [0.3, 0.4) is 0 Å². The average molecular weight is 346 g/mol. The minimum absolute atomic E-state index is 0.0897. The van der Waals surface area contributed by atoms with Gasteiger partial charge in [0.2, 0.25) is 10.0 Å². The van der Waals surface area contributed by atoms with Crippen molar-refractivity contribution in [1.82, 2.24) is 10.0 Å². The third-order valence-corrected chi connectivity index (χ3v) is 5.00. The Morgan fingerprint density at radius 1 is 1.04 bits per heavy atom. The van der Waals surface area contributed by atoms with Crippen LogP contribution in [0.1, 0.15) is 29.8 Å². The lowest BCUT2D eigenvalue weighted by Crippen LogP contribution is -2.30. The predicted molar refractivity (Wildman–Crippen MR) is 94.4 cm³/mol. The van der Waals surface area contributed by atoms with Gasteiger partial charge in [-0.25, -0.2) is 13.1 Å². The van der Waals surface area contributed by atoms with Crippen molar-refractivity contribution >= 4 is 15.9 Å². The summed E-state index contributed by atoms with van der Waals surface area (Å²) in [6.45, 7) is 3.99. The molecule has 128 valence electrons. The van der Waals surface area contributed by atoms with Crippen molar-refractivity contribution in [3.63, 3.8) is 0 Å². The molecule has 0 fully saturated rings. The SMILES string of the molecule is CC(C)NS(=O)(=O)c1cccc(C(=O)NCCc2ccccc2)c1. The summed E-state index contributed by atoms with van der Waals surface area (Å²) in [6, 6.07) is 15.7. The van der Waals surface area contributed by atoms with E-state index in [1.807, 2.05) is 30.3 Å². The molecule has 2 rings (SSSR count). The minimum atomic E-state index is -3.61. The van der Waals surface area contributed by atoms with Gasteiger partial charge < -0.3 is 5.32 Å². The zero-order valence-electron chi connectivity index (χ0n) is 13.8. The van der Waals surface area contributed by atoms with Gasteiger partial charge in [-0.2, -0.15) is 0 Å². The van der Waals surface area contributed by atoms with Gasteiger partial charge in [-0.3, -0.25) is 4.79 Å². The molecule has 0 saturated heterocycles. The number of benzene rings is 2. The molecule has 1 amide bonds. The van der Waals surface area contributed by atoms with Gasteiger partial charge in [0.15, 0.2) is 0 Å². The van der Waals surface area contributed by atoms with Gasteiger partial charge >= 0.3 is 0 Å². The van der Waals surface area contributed by atoms with Gasteiger partial charge in [-0.1, -0.05) is 36.4 Å². The quantitative estimate of drug-likeness (QED) is 0.808. The van der Waals surface area contributed by atoms with Crippen molar-refractivity contribution in [2.24, 2.45) is 0 Å². The fourth-order valence-corrected chi connectivity index (χ4v) is 3.55. The molecule has 5 nitrogen and oxygen atoms in total. The summed E-state index contributed by atoms with van der Waals surface area (Å²) in [7, 11) is -3.61. The van der Waals surface area contributed by atoms with E-state index in [1.165, 1.54) is 12.1 Å². The zero-order chi connectivity index (χ0) is 17.6. The Balaban J connectivity index is 2.01. The van der Waals surface area contributed by atoms with Crippen LogP contribution in [0.25, 0.3) is 0 Å². The maximum absolute atomic E-state index is 12.2. The standard InChI is InChI=1S/C18H22N2O3S/c1-14(2)20-24(22,23)17-10-6-9-16(13-17)18(21)19-12-11-15-7-4-3-5-8-15/h3-10,13-14,20H,11-12H2,1-2H3,(H,19,21).